The molecule has 0 radical (unpaired) electrons. The summed E-state index contributed by atoms with van der Waals surface area (Å²) in [4.78, 5) is 22.5. The van der Waals surface area contributed by atoms with Crippen molar-refractivity contribution < 1.29 is 9.72 Å². The molecule has 3 N–H and O–H groups in total. The number of nitrogens with two attached hydrogens (primary N) is 1. The minimum absolute atomic E-state index is 0.0152. The fourth-order valence-corrected chi connectivity index (χ4v) is 2.90. The van der Waals surface area contributed by atoms with E-state index >= 15 is 0 Å². The van der Waals surface area contributed by atoms with Crippen LogP contribution in [0, 0.1) is 15.5 Å². The maximum Gasteiger partial charge on any atom is 0.271 e. The number of rotatable bonds is 4. The van der Waals surface area contributed by atoms with Crippen LogP contribution in [-0.4, -0.2) is 17.4 Å². The molecule has 1 amide bonds. The van der Waals surface area contributed by atoms with Crippen molar-refractivity contribution in [3.05, 3.63) is 32.8 Å². The highest BCUT2D eigenvalue weighted by molar-refractivity contribution is 6.34. The summed E-state index contributed by atoms with van der Waals surface area (Å²) in [5.41, 5.74) is 5.72. The van der Waals surface area contributed by atoms with Crippen molar-refractivity contribution in [3.63, 3.8) is 0 Å². The number of nitrogens with zero attached hydrogens (tertiary/aromatic N) is 1. The molecule has 1 fully saturated rings. The molecule has 6 nitrogen and oxygen atoms in total. The lowest BCUT2D eigenvalue weighted by Crippen LogP contribution is -2.34. The SMILES string of the molecule is CC1(CNC(=O)c2cc([N+](=O)[O-])cc(Cl)c2N)CCCC1. The van der Waals surface area contributed by atoms with E-state index in [1.807, 2.05) is 0 Å². The Balaban J connectivity index is 2.16. The number of hydrogen-bond donors (Lipinski definition) is 2. The van der Waals surface area contributed by atoms with Crippen molar-refractivity contribution >= 4 is 28.9 Å². The Hall–Kier alpha value is -1.82. The largest absolute Gasteiger partial charge is 0.397 e. The van der Waals surface area contributed by atoms with Gasteiger partial charge in [0, 0.05) is 18.7 Å². The van der Waals surface area contributed by atoms with Gasteiger partial charge in [0.05, 0.1) is 21.2 Å². The molecule has 0 unspecified atom stereocenters. The molecular formula is C14H18ClN3O3. The summed E-state index contributed by atoms with van der Waals surface area (Å²) in [6.45, 7) is 2.66. The van der Waals surface area contributed by atoms with Crippen LogP contribution in [0.2, 0.25) is 5.02 Å². The number of nitrogen functional groups attached to an aromatic ring is 1. The number of halogens is 1. The maximum atomic E-state index is 12.2. The Morgan fingerprint density at radius 1 is 1.48 bits per heavy atom. The number of nitro groups is 1. The van der Waals surface area contributed by atoms with Gasteiger partial charge in [0.1, 0.15) is 0 Å². The molecule has 2 rings (SSSR count). The number of non-ortho nitro benzene ring substituents is 1. The molecule has 0 aliphatic heterocycles. The van der Waals surface area contributed by atoms with Crippen LogP contribution in [0.25, 0.3) is 0 Å². The summed E-state index contributed by atoms with van der Waals surface area (Å²) in [6.07, 6.45) is 4.46. The molecule has 1 aliphatic rings. The molecule has 0 bridgehead atoms. The number of hydrogen-bond acceptors (Lipinski definition) is 4. The topological polar surface area (TPSA) is 98.3 Å². The average Bonchev–Trinajstić information content (AvgIpc) is 2.86. The molecule has 1 aromatic carbocycles. The van der Waals surface area contributed by atoms with Crippen LogP contribution in [0.3, 0.4) is 0 Å². The molecule has 0 aromatic heterocycles. The summed E-state index contributed by atoms with van der Waals surface area (Å²) in [5.74, 6) is -0.425. The van der Waals surface area contributed by atoms with Crippen molar-refractivity contribution in [2.75, 3.05) is 12.3 Å². The molecule has 1 aromatic rings. The summed E-state index contributed by atoms with van der Waals surface area (Å²) in [5, 5.41) is 13.7. The molecule has 21 heavy (non-hydrogen) atoms. The van der Waals surface area contributed by atoms with Gasteiger partial charge >= 0.3 is 0 Å². The Morgan fingerprint density at radius 3 is 2.67 bits per heavy atom. The molecule has 7 heteroatoms. The van der Waals surface area contributed by atoms with Crippen LogP contribution >= 0.6 is 11.6 Å². The van der Waals surface area contributed by atoms with Gasteiger partial charge in [-0.15, -0.1) is 0 Å². The Kier molecular flexibility index (Phi) is 4.37. The zero-order valence-electron chi connectivity index (χ0n) is 11.8. The van der Waals surface area contributed by atoms with E-state index in [1.165, 1.54) is 0 Å². The van der Waals surface area contributed by atoms with Crippen LogP contribution in [0.4, 0.5) is 11.4 Å². The second-order valence-electron chi connectivity index (χ2n) is 5.85. The highest BCUT2D eigenvalue weighted by atomic mass is 35.5. The first-order chi connectivity index (χ1) is 9.82. The minimum Gasteiger partial charge on any atom is -0.397 e. The highest BCUT2D eigenvalue weighted by Crippen LogP contribution is 2.37. The van der Waals surface area contributed by atoms with Crippen LogP contribution in [0.15, 0.2) is 12.1 Å². The number of benzene rings is 1. The van der Waals surface area contributed by atoms with Gasteiger partial charge in [-0.3, -0.25) is 14.9 Å². The zero-order valence-corrected chi connectivity index (χ0v) is 12.6. The monoisotopic (exact) mass is 311 g/mol. The molecule has 0 spiro atoms. The summed E-state index contributed by atoms with van der Waals surface area (Å²) in [6, 6.07) is 2.31. The zero-order chi connectivity index (χ0) is 15.6. The van der Waals surface area contributed by atoms with Crippen molar-refractivity contribution in [2.45, 2.75) is 32.6 Å². The number of anilines is 1. The predicted octanol–water partition coefficient (Wildman–Crippen LogP) is 3.14. The second-order valence-corrected chi connectivity index (χ2v) is 6.25. The van der Waals surface area contributed by atoms with E-state index in [4.69, 9.17) is 17.3 Å². The van der Waals surface area contributed by atoms with E-state index in [1.54, 1.807) is 0 Å². The standard InChI is InChI=1S/C14H18ClN3O3/c1-14(4-2-3-5-14)8-17-13(19)10-6-9(18(20)21)7-11(15)12(10)16/h6-7H,2-5,8,16H2,1H3,(H,17,19). The van der Waals surface area contributed by atoms with E-state index in [0.717, 1.165) is 37.8 Å². The summed E-state index contributed by atoms with van der Waals surface area (Å²) in [7, 11) is 0. The van der Waals surface area contributed by atoms with Crippen LogP contribution in [0.1, 0.15) is 43.0 Å². The molecule has 0 heterocycles. The van der Waals surface area contributed by atoms with Crippen LogP contribution < -0.4 is 11.1 Å². The first-order valence-corrected chi connectivity index (χ1v) is 7.22. The summed E-state index contributed by atoms with van der Waals surface area (Å²) < 4.78 is 0. The van der Waals surface area contributed by atoms with E-state index < -0.39 is 10.8 Å². The Morgan fingerprint density at radius 2 is 2.10 bits per heavy atom. The fourth-order valence-electron chi connectivity index (χ4n) is 2.69. The average molecular weight is 312 g/mol. The first-order valence-electron chi connectivity index (χ1n) is 6.84. The third-order valence-corrected chi connectivity index (χ3v) is 4.37. The lowest BCUT2D eigenvalue weighted by Gasteiger charge is -2.23. The lowest BCUT2D eigenvalue weighted by molar-refractivity contribution is -0.384. The van der Waals surface area contributed by atoms with Crippen LogP contribution in [-0.2, 0) is 0 Å². The molecule has 0 atom stereocenters. The molecule has 1 aliphatic carbocycles. The van der Waals surface area contributed by atoms with Gasteiger partial charge in [0.15, 0.2) is 0 Å². The Labute approximate surface area is 127 Å². The van der Waals surface area contributed by atoms with Crippen LogP contribution in [0.5, 0.6) is 0 Å². The Bertz CT molecular complexity index is 583. The first kappa shape index (κ1) is 15.6. The smallest absolute Gasteiger partial charge is 0.271 e. The third kappa shape index (κ3) is 3.44. The summed E-state index contributed by atoms with van der Waals surface area (Å²) >= 11 is 5.85. The number of nitrogens with one attached hydrogen (secondary N) is 1. The lowest BCUT2D eigenvalue weighted by atomic mass is 9.89. The number of nitro benzene ring substituents is 1. The van der Waals surface area contributed by atoms with Crippen molar-refractivity contribution in [3.8, 4) is 0 Å². The van der Waals surface area contributed by atoms with Gasteiger partial charge in [-0.2, -0.15) is 0 Å². The minimum atomic E-state index is -0.597. The van der Waals surface area contributed by atoms with E-state index in [-0.39, 0.29) is 27.4 Å². The van der Waals surface area contributed by atoms with Gasteiger partial charge in [0.2, 0.25) is 0 Å². The number of amides is 1. The van der Waals surface area contributed by atoms with Crippen molar-refractivity contribution in [1.82, 2.24) is 5.32 Å². The molecule has 1 saturated carbocycles. The van der Waals surface area contributed by atoms with Gasteiger partial charge in [-0.25, -0.2) is 0 Å². The fraction of sp³-hybridized carbons (Fsp3) is 0.500. The van der Waals surface area contributed by atoms with Crippen molar-refractivity contribution in [1.29, 1.82) is 0 Å². The second kappa shape index (κ2) is 5.89. The van der Waals surface area contributed by atoms with E-state index in [2.05, 4.69) is 12.2 Å². The van der Waals surface area contributed by atoms with Gasteiger partial charge in [0.25, 0.3) is 11.6 Å². The number of carbonyl (C=O) groups is 1. The molecular weight excluding hydrogens is 294 g/mol. The normalized spacial score (nSPS) is 16.7. The third-order valence-electron chi connectivity index (χ3n) is 4.06. The van der Waals surface area contributed by atoms with E-state index in [9.17, 15) is 14.9 Å². The van der Waals surface area contributed by atoms with E-state index in [0.29, 0.717) is 6.54 Å². The molecule has 0 saturated heterocycles. The molecule has 114 valence electrons. The van der Waals surface area contributed by atoms with Crippen molar-refractivity contribution in [2.24, 2.45) is 5.41 Å². The van der Waals surface area contributed by atoms with Gasteiger partial charge < -0.3 is 11.1 Å². The maximum absolute atomic E-state index is 12.2. The predicted molar refractivity (Wildman–Crippen MR) is 81.4 cm³/mol. The van der Waals surface area contributed by atoms with Gasteiger partial charge in [-0.1, -0.05) is 31.4 Å². The quantitative estimate of drug-likeness (QED) is 0.507. The number of carbonyl (C=O) groups excluding carboxylic acids is 1. The van der Waals surface area contributed by atoms with Gasteiger partial charge in [-0.05, 0) is 18.3 Å². The highest BCUT2D eigenvalue weighted by Gasteiger charge is 2.29.